The predicted octanol–water partition coefficient (Wildman–Crippen LogP) is 4.42. The summed E-state index contributed by atoms with van der Waals surface area (Å²) in [6.45, 7) is 3.34. The minimum Gasteiger partial charge on any atom is -0.493 e. The molecule has 1 heterocycles. The SMILES string of the molecule is COc1cc(C=NNC(=O)CSc2nnc(-c3ccc(C)cc3)n2-c2ccccc2)ccc1OC(C)=O. The summed E-state index contributed by atoms with van der Waals surface area (Å²) in [5.41, 5.74) is 6.16. The van der Waals surface area contributed by atoms with Crippen molar-refractivity contribution in [1.29, 1.82) is 0 Å². The number of para-hydroxylation sites is 1. The number of esters is 1. The number of hydrogen-bond acceptors (Lipinski definition) is 8. The van der Waals surface area contributed by atoms with E-state index in [1.807, 2.05) is 66.1 Å². The number of benzene rings is 3. The number of carbonyl (C=O) groups is 2. The number of ether oxygens (including phenoxy) is 2. The molecule has 0 saturated carbocycles. The molecule has 4 rings (SSSR count). The lowest BCUT2D eigenvalue weighted by Gasteiger charge is -2.10. The van der Waals surface area contributed by atoms with Gasteiger partial charge in [0, 0.05) is 18.2 Å². The number of methoxy groups -OCH3 is 1. The van der Waals surface area contributed by atoms with Crippen LogP contribution in [-0.2, 0) is 9.59 Å². The number of amides is 1. The molecule has 3 aromatic carbocycles. The summed E-state index contributed by atoms with van der Waals surface area (Å²) >= 11 is 1.26. The zero-order valence-corrected chi connectivity index (χ0v) is 21.4. The molecule has 0 aliphatic heterocycles. The van der Waals surface area contributed by atoms with E-state index < -0.39 is 5.97 Å². The van der Waals surface area contributed by atoms with Gasteiger partial charge >= 0.3 is 5.97 Å². The Kier molecular flexibility index (Phi) is 8.32. The quantitative estimate of drug-likeness (QED) is 0.116. The maximum absolute atomic E-state index is 12.5. The molecule has 9 nitrogen and oxygen atoms in total. The van der Waals surface area contributed by atoms with Gasteiger partial charge in [-0.15, -0.1) is 10.2 Å². The normalized spacial score (nSPS) is 10.9. The molecule has 0 saturated heterocycles. The van der Waals surface area contributed by atoms with E-state index in [2.05, 4.69) is 20.7 Å². The van der Waals surface area contributed by atoms with E-state index in [0.29, 0.717) is 28.0 Å². The van der Waals surface area contributed by atoms with E-state index in [4.69, 9.17) is 9.47 Å². The van der Waals surface area contributed by atoms with Crippen LogP contribution in [0.15, 0.2) is 83.1 Å². The third kappa shape index (κ3) is 6.62. The lowest BCUT2D eigenvalue weighted by Crippen LogP contribution is -2.20. The lowest BCUT2D eigenvalue weighted by molar-refractivity contribution is -0.132. The first-order valence-electron chi connectivity index (χ1n) is 11.3. The van der Waals surface area contributed by atoms with E-state index in [9.17, 15) is 9.59 Å². The molecule has 10 heteroatoms. The van der Waals surface area contributed by atoms with Gasteiger partial charge < -0.3 is 9.47 Å². The van der Waals surface area contributed by atoms with Crippen LogP contribution in [0.5, 0.6) is 11.5 Å². The summed E-state index contributed by atoms with van der Waals surface area (Å²) < 4.78 is 12.3. The third-order valence-corrected chi connectivity index (χ3v) is 6.06. The number of nitrogens with one attached hydrogen (secondary N) is 1. The summed E-state index contributed by atoms with van der Waals surface area (Å²) in [5, 5.41) is 13.4. The topological polar surface area (TPSA) is 108 Å². The maximum Gasteiger partial charge on any atom is 0.308 e. The number of aryl methyl sites for hydroxylation is 1. The van der Waals surface area contributed by atoms with Gasteiger partial charge in [-0.2, -0.15) is 5.10 Å². The largest absolute Gasteiger partial charge is 0.493 e. The molecule has 1 aromatic heterocycles. The molecular weight excluding hydrogens is 490 g/mol. The van der Waals surface area contributed by atoms with Crippen molar-refractivity contribution in [2.75, 3.05) is 12.9 Å². The van der Waals surface area contributed by atoms with Crippen LogP contribution in [0.25, 0.3) is 17.1 Å². The van der Waals surface area contributed by atoms with Crippen molar-refractivity contribution in [1.82, 2.24) is 20.2 Å². The van der Waals surface area contributed by atoms with Crippen molar-refractivity contribution in [3.8, 4) is 28.6 Å². The van der Waals surface area contributed by atoms with Gasteiger partial charge in [0.15, 0.2) is 22.5 Å². The smallest absolute Gasteiger partial charge is 0.308 e. The van der Waals surface area contributed by atoms with E-state index in [-0.39, 0.29) is 11.7 Å². The number of rotatable bonds is 9. The third-order valence-electron chi connectivity index (χ3n) is 5.13. The van der Waals surface area contributed by atoms with Gasteiger partial charge in [0.1, 0.15) is 0 Å². The van der Waals surface area contributed by atoms with Crippen LogP contribution in [0.1, 0.15) is 18.1 Å². The molecule has 0 fully saturated rings. The number of carbonyl (C=O) groups excluding carboxylic acids is 2. The highest BCUT2D eigenvalue weighted by molar-refractivity contribution is 7.99. The van der Waals surface area contributed by atoms with Gasteiger partial charge in [-0.1, -0.05) is 59.8 Å². The van der Waals surface area contributed by atoms with Gasteiger partial charge in [-0.05, 0) is 42.8 Å². The summed E-state index contributed by atoms with van der Waals surface area (Å²) in [5.74, 6) is 0.720. The Bertz CT molecular complexity index is 1420. The molecule has 0 atom stereocenters. The Balaban J connectivity index is 1.44. The van der Waals surface area contributed by atoms with Crippen LogP contribution in [-0.4, -0.2) is 45.7 Å². The molecule has 1 amide bonds. The number of hydrogen-bond donors (Lipinski definition) is 1. The first-order valence-corrected chi connectivity index (χ1v) is 12.3. The molecule has 4 aromatic rings. The van der Waals surface area contributed by atoms with Gasteiger partial charge in [-0.3, -0.25) is 14.2 Å². The van der Waals surface area contributed by atoms with Crippen molar-refractivity contribution in [2.45, 2.75) is 19.0 Å². The fraction of sp³-hybridized carbons (Fsp3) is 0.148. The highest BCUT2D eigenvalue weighted by Crippen LogP contribution is 2.29. The molecular formula is C27H25N5O4S. The fourth-order valence-electron chi connectivity index (χ4n) is 3.41. The van der Waals surface area contributed by atoms with Gasteiger partial charge in [0.25, 0.3) is 5.91 Å². The lowest BCUT2D eigenvalue weighted by atomic mass is 10.1. The van der Waals surface area contributed by atoms with E-state index >= 15 is 0 Å². The second kappa shape index (κ2) is 12.0. The number of thioether (sulfide) groups is 1. The molecule has 0 bridgehead atoms. The first-order chi connectivity index (χ1) is 17.9. The zero-order chi connectivity index (χ0) is 26.2. The van der Waals surface area contributed by atoms with Crippen LogP contribution in [0, 0.1) is 6.92 Å². The van der Waals surface area contributed by atoms with Gasteiger partial charge in [-0.25, -0.2) is 5.43 Å². The first kappa shape index (κ1) is 25.6. The van der Waals surface area contributed by atoms with E-state index in [1.54, 1.807) is 18.2 Å². The van der Waals surface area contributed by atoms with Crippen molar-refractivity contribution < 1.29 is 19.1 Å². The van der Waals surface area contributed by atoms with E-state index in [1.165, 1.54) is 32.0 Å². The van der Waals surface area contributed by atoms with Crippen LogP contribution in [0.3, 0.4) is 0 Å². The Labute approximate surface area is 218 Å². The number of hydrazone groups is 1. The fourth-order valence-corrected chi connectivity index (χ4v) is 4.15. The summed E-state index contributed by atoms with van der Waals surface area (Å²) in [4.78, 5) is 23.7. The highest BCUT2D eigenvalue weighted by Gasteiger charge is 2.17. The molecule has 0 radical (unpaired) electrons. The van der Waals surface area contributed by atoms with Gasteiger partial charge in [0.2, 0.25) is 0 Å². The zero-order valence-electron chi connectivity index (χ0n) is 20.5. The minimum atomic E-state index is -0.446. The average molecular weight is 516 g/mol. The number of aromatic nitrogens is 3. The van der Waals surface area contributed by atoms with Crippen molar-refractivity contribution >= 4 is 29.9 Å². The van der Waals surface area contributed by atoms with Crippen LogP contribution in [0.2, 0.25) is 0 Å². The molecule has 0 aliphatic rings. The summed E-state index contributed by atoms with van der Waals surface area (Å²) in [6.07, 6.45) is 1.48. The Morgan fingerprint density at radius 2 is 1.78 bits per heavy atom. The second-order valence-electron chi connectivity index (χ2n) is 7.93. The van der Waals surface area contributed by atoms with Crippen LogP contribution >= 0.6 is 11.8 Å². The molecule has 0 spiro atoms. The molecule has 1 N–H and O–H groups in total. The summed E-state index contributed by atoms with van der Waals surface area (Å²) in [6, 6.07) is 22.8. The number of nitrogens with zero attached hydrogens (tertiary/aromatic N) is 4. The van der Waals surface area contributed by atoms with Crippen LogP contribution < -0.4 is 14.9 Å². The Morgan fingerprint density at radius 1 is 1.03 bits per heavy atom. The highest BCUT2D eigenvalue weighted by atomic mass is 32.2. The maximum atomic E-state index is 12.5. The predicted molar refractivity (Wildman–Crippen MR) is 142 cm³/mol. The molecule has 188 valence electrons. The van der Waals surface area contributed by atoms with Crippen molar-refractivity contribution in [3.63, 3.8) is 0 Å². The monoisotopic (exact) mass is 515 g/mol. The molecule has 0 aliphatic carbocycles. The Morgan fingerprint density at radius 3 is 2.49 bits per heavy atom. The average Bonchev–Trinajstić information content (AvgIpc) is 3.33. The van der Waals surface area contributed by atoms with Crippen molar-refractivity contribution in [3.05, 3.63) is 83.9 Å². The Hall–Kier alpha value is -4.44. The summed E-state index contributed by atoms with van der Waals surface area (Å²) in [7, 11) is 1.47. The molecule has 37 heavy (non-hydrogen) atoms. The van der Waals surface area contributed by atoms with Crippen LogP contribution in [0.4, 0.5) is 0 Å². The minimum absolute atomic E-state index is 0.0882. The second-order valence-corrected chi connectivity index (χ2v) is 8.87. The van der Waals surface area contributed by atoms with Gasteiger partial charge in [0.05, 0.1) is 19.1 Å². The van der Waals surface area contributed by atoms with Crippen molar-refractivity contribution in [2.24, 2.45) is 5.10 Å². The van der Waals surface area contributed by atoms with E-state index in [0.717, 1.165) is 16.8 Å². The standard InChI is InChI=1S/C27H25N5O4S/c1-18-9-12-21(13-10-18)26-30-31-27(32(26)22-7-5-4-6-8-22)37-17-25(34)29-28-16-20-11-14-23(36-19(2)33)24(15-20)35-3/h4-16H,17H2,1-3H3,(H,29,34). The molecule has 0 unspecified atom stereocenters.